The summed E-state index contributed by atoms with van der Waals surface area (Å²) in [5.74, 6) is 0.110. The van der Waals surface area contributed by atoms with Gasteiger partial charge in [-0.25, -0.2) is 0 Å². The second-order valence-corrected chi connectivity index (χ2v) is 6.29. The van der Waals surface area contributed by atoms with Crippen LogP contribution in [0.1, 0.15) is 21.5 Å². The molecular formula is C18H17N3O2S. The number of nitrogens with one attached hydrogen (secondary N) is 1. The van der Waals surface area contributed by atoms with Crippen LogP contribution in [0.25, 0.3) is 11.5 Å². The number of benzene rings is 2. The molecule has 1 N–H and O–H groups in total. The topological polar surface area (TPSA) is 68.0 Å². The number of thioether (sulfide) groups is 1. The van der Waals surface area contributed by atoms with Crippen molar-refractivity contribution in [3.63, 3.8) is 0 Å². The van der Waals surface area contributed by atoms with Gasteiger partial charge in [0.2, 0.25) is 5.89 Å². The molecule has 0 saturated carbocycles. The molecule has 0 aliphatic heterocycles. The van der Waals surface area contributed by atoms with E-state index in [0.29, 0.717) is 11.5 Å². The van der Waals surface area contributed by atoms with Gasteiger partial charge in [0.25, 0.3) is 5.91 Å². The summed E-state index contributed by atoms with van der Waals surface area (Å²) in [5.41, 5.74) is 3.61. The lowest BCUT2D eigenvalue weighted by Crippen LogP contribution is -2.11. The van der Waals surface area contributed by atoms with Crippen LogP contribution < -0.4 is 5.32 Å². The van der Waals surface area contributed by atoms with Gasteiger partial charge < -0.3 is 4.42 Å². The minimum absolute atomic E-state index is 0.0870. The van der Waals surface area contributed by atoms with Gasteiger partial charge in [-0.1, -0.05) is 22.8 Å². The molecule has 24 heavy (non-hydrogen) atoms. The third-order valence-electron chi connectivity index (χ3n) is 3.61. The first-order valence-corrected chi connectivity index (χ1v) is 8.66. The first kappa shape index (κ1) is 16.3. The van der Waals surface area contributed by atoms with E-state index in [1.54, 1.807) is 23.9 Å². The first-order valence-electron chi connectivity index (χ1n) is 7.43. The number of carbonyl (C=O) groups is 1. The number of amides is 1. The molecule has 6 heteroatoms. The highest BCUT2D eigenvalue weighted by atomic mass is 32.2. The van der Waals surface area contributed by atoms with Crippen molar-refractivity contribution in [2.24, 2.45) is 0 Å². The third kappa shape index (κ3) is 3.49. The van der Waals surface area contributed by atoms with Gasteiger partial charge in [0.15, 0.2) is 0 Å². The molecule has 122 valence electrons. The second kappa shape index (κ2) is 6.88. The highest BCUT2D eigenvalue weighted by Gasteiger charge is 2.14. The molecule has 0 saturated heterocycles. The van der Waals surface area contributed by atoms with Crippen LogP contribution in [0.2, 0.25) is 0 Å². The number of hydrogen-bond acceptors (Lipinski definition) is 5. The monoisotopic (exact) mass is 339 g/mol. The normalized spacial score (nSPS) is 10.6. The number of anilines is 1. The van der Waals surface area contributed by atoms with Crippen LogP contribution in [-0.2, 0) is 0 Å². The molecule has 1 amide bonds. The summed E-state index contributed by atoms with van der Waals surface area (Å²) in [5, 5.41) is 10.5. The van der Waals surface area contributed by atoms with Gasteiger partial charge in [-0.05, 0) is 56.0 Å². The zero-order chi connectivity index (χ0) is 17.1. The number of aromatic nitrogens is 2. The summed E-state index contributed by atoms with van der Waals surface area (Å²) in [7, 11) is 0. The number of rotatable bonds is 4. The van der Waals surface area contributed by atoms with Gasteiger partial charge in [0.05, 0.1) is 0 Å². The van der Waals surface area contributed by atoms with Gasteiger partial charge in [-0.15, -0.1) is 16.9 Å². The van der Waals surface area contributed by atoms with E-state index in [-0.39, 0.29) is 11.9 Å². The molecule has 0 bridgehead atoms. The minimum atomic E-state index is -0.279. The smallest absolute Gasteiger partial charge is 0.322 e. The fraction of sp³-hybridized carbons (Fsp3) is 0.167. The predicted molar refractivity (Wildman–Crippen MR) is 95.4 cm³/mol. The fourth-order valence-corrected chi connectivity index (χ4v) is 2.76. The summed E-state index contributed by atoms with van der Waals surface area (Å²) in [6, 6.07) is 13.4. The Hall–Kier alpha value is -2.60. The Kier molecular flexibility index (Phi) is 4.66. The summed E-state index contributed by atoms with van der Waals surface area (Å²) in [6.07, 6.45) is 1.99. The van der Waals surface area contributed by atoms with E-state index in [9.17, 15) is 4.79 Å². The Morgan fingerprint density at radius 1 is 1.08 bits per heavy atom. The van der Waals surface area contributed by atoms with Crippen molar-refractivity contribution in [2.45, 2.75) is 18.7 Å². The lowest BCUT2D eigenvalue weighted by Gasteiger charge is -2.03. The van der Waals surface area contributed by atoms with Crippen molar-refractivity contribution in [3.8, 4) is 11.5 Å². The highest BCUT2D eigenvalue weighted by Crippen LogP contribution is 2.24. The number of carbonyl (C=O) groups excluding carboxylic acids is 1. The predicted octanol–water partition coefficient (Wildman–Crippen LogP) is 4.33. The lowest BCUT2D eigenvalue weighted by atomic mass is 10.1. The van der Waals surface area contributed by atoms with Crippen LogP contribution in [-0.4, -0.2) is 22.4 Å². The Morgan fingerprint density at radius 3 is 2.50 bits per heavy atom. The van der Waals surface area contributed by atoms with Gasteiger partial charge in [-0.3, -0.25) is 10.1 Å². The van der Waals surface area contributed by atoms with Crippen molar-refractivity contribution >= 4 is 23.7 Å². The van der Waals surface area contributed by atoms with Crippen LogP contribution in [0.5, 0.6) is 0 Å². The van der Waals surface area contributed by atoms with Crippen molar-refractivity contribution in [1.29, 1.82) is 0 Å². The van der Waals surface area contributed by atoms with Gasteiger partial charge in [0, 0.05) is 16.0 Å². The van der Waals surface area contributed by atoms with Gasteiger partial charge in [0.1, 0.15) is 0 Å². The molecule has 1 aromatic heterocycles. The van der Waals surface area contributed by atoms with Crippen LogP contribution in [0.15, 0.2) is 51.8 Å². The summed E-state index contributed by atoms with van der Waals surface area (Å²) >= 11 is 1.62. The zero-order valence-corrected chi connectivity index (χ0v) is 14.5. The maximum atomic E-state index is 12.2. The van der Waals surface area contributed by atoms with Crippen molar-refractivity contribution < 1.29 is 9.21 Å². The standard InChI is InChI=1S/C18H17N3O2S/c1-11-4-9-15(12(2)10-11)17-20-21-18(23-17)19-16(22)13-5-7-14(24-3)8-6-13/h4-10H,1-3H3,(H,19,21,22). The second-order valence-electron chi connectivity index (χ2n) is 5.41. The average molecular weight is 339 g/mol. The van der Waals surface area contributed by atoms with Gasteiger partial charge >= 0.3 is 6.01 Å². The van der Waals surface area contributed by atoms with E-state index in [0.717, 1.165) is 21.6 Å². The molecular weight excluding hydrogens is 322 g/mol. The van der Waals surface area contributed by atoms with Crippen molar-refractivity contribution in [3.05, 3.63) is 59.2 Å². The highest BCUT2D eigenvalue weighted by molar-refractivity contribution is 7.98. The Morgan fingerprint density at radius 2 is 1.83 bits per heavy atom. The molecule has 0 fully saturated rings. The summed E-state index contributed by atoms with van der Waals surface area (Å²) in [4.78, 5) is 13.3. The Labute approximate surface area is 144 Å². The van der Waals surface area contributed by atoms with E-state index in [1.165, 1.54) is 0 Å². The summed E-state index contributed by atoms with van der Waals surface area (Å²) in [6.45, 7) is 4.01. The molecule has 2 aromatic carbocycles. The summed E-state index contributed by atoms with van der Waals surface area (Å²) < 4.78 is 5.57. The maximum Gasteiger partial charge on any atom is 0.322 e. The molecule has 3 rings (SSSR count). The molecule has 0 atom stereocenters. The number of hydrogen-bond donors (Lipinski definition) is 1. The third-order valence-corrected chi connectivity index (χ3v) is 4.35. The largest absolute Gasteiger partial charge is 0.403 e. The van der Waals surface area contributed by atoms with Crippen molar-refractivity contribution in [2.75, 3.05) is 11.6 Å². The van der Waals surface area contributed by atoms with E-state index in [4.69, 9.17) is 4.42 Å². The molecule has 0 spiro atoms. The molecule has 0 aliphatic rings. The van der Waals surface area contributed by atoms with E-state index in [2.05, 4.69) is 15.5 Å². The molecule has 0 radical (unpaired) electrons. The van der Waals surface area contributed by atoms with Crippen molar-refractivity contribution in [1.82, 2.24) is 10.2 Å². The van der Waals surface area contributed by atoms with E-state index >= 15 is 0 Å². The van der Waals surface area contributed by atoms with Crippen LogP contribution in [0.4, 0.5) is 6.01 Å². The van der Waals surface area contributed by atoms with Crippen LogP contribution in [0, 0.1) is 13.8 Å². The number of aryl methyl sites for hydroxylation is 2. The van der Waals surface area contributed by atoms with Gasteiger partial charge in [-0.2, -0.15) is 0 Å². The fourth-order valence-electron chi connectivity index (χ4n) is 2.35. The number of nitrogens with zero attached hydrogens (tertiary/aromatic N) is 2. The van der Waals surface area contributed by atoms with Crippen LogP contribution in [0.3, 0.4) is 0 Å². The maximum absolute atomic E-state index is 12.2. The quantitative estimate of drug-likeness (QED) is 0.717. The zero-order valence-electron chi connectivity index (χ0n) is 13.7. The first-order chi connectivity index (χ1) is 11.6. The molecule has 5 nitrogen and oxygen atoms in total. The van der Waals surface area contributed by atoms with E-state index < -0.39 is 0 Å². The average Bonchev–Trinajstić information content (AvgIpc) is 3.03. The SMILES string of the molecule is CSc1ccc(C(=O)Nc2nnc(-c3ccc(C)cc3C)o2)cc1. The Balaban J connectivity index is 1.76. The molecule has 1 heterocycles. The minimum Gasteiger partial charge on any atom is -0.403 e. The molecule has 0 unspecified atom stereocenters. The molecule has 0 aliphatic carbocycles. The van der Waals surface area contributed by atoms with Crippen LogP contribution >= 0.6 is 11.8 Å². The lowest BCUT2D eigenvalue weighted by molar-refractivity contribution is 0.102. The van der Waals surface area contributed by atoms with E-state index in [1.807, 2.05) is 50.4 Å². The Bertz CT molecular complexity index is 872. The molecule has 3 aromatic rings.